The maximum Gasteiger partial charge on any atom is 0.201 e. The van der Waals surface area contributed by atoms with E-state index in [2.05, 4.69) is 0 Å². The molecule has 1 heterocycles. The lowest BCUT2D eigenvalue weighted by Crippen LogP contribution is -2.08. The minimum Gasteiger partial charge on any atom is -0.506 e. The van der Waals surface area contributed by atoms with E-state index >= 15 is 0 Å². The Morgan fingerprint density at radius 3 is 2.68 bits per heavy atom. The fourth-order valence-corrected chi connectivity index (χ4v) is 2.42. The number of hydrogen-bond donors (Lipinski definition) is 2. The molecule has 0 bridgehead atoms. The number of rotatable bonds is 2. The van der Waals surface area contributed by atoms with Gasteiger partial charge in [0.05, 0.1) is 16.6 Å². The largest absolute Gasteiger partial charge is 0.506 e. The van der Waals surface area contributed by atoms with Crippen LogP contribution in [0.3, 0.4) is 0 Å². The zero-order valence-electron chi connectivity index (χ0n) is 11.8. The molecule has 2 aromatic carbocycles. The molecule has 0 aliphatic rings. The van der Waals surface area contributed by atoms with Gasteiger partial charge in [0.15, 0.2) is 6.29 Å². The fourth-order valence-electron chi connectivity index (χ4n) is 2.42. The Morgan fingerprint density at radius 1 is 1.23 bits per heavy atom. The molecule has 22 heavy (non-hydrogen) atoms. The van der Waals surface area contributed by atoms with Crippen molar-refractivity contribution < 1.29 is 14.3 Å². The van der Waals surface area contributed by atoms with E-state index in [9.17, 15) is 14.7 Å². The van der Waals surface area contributed by atoms with Crippen LogP contribution in [-0.4, -0.2) is 11.4 Å². The van der Waals surface area contributed by atoms with Crippen LogP contribution >= 0.6 is 0 Å². The van der Waals surface area contributed by atoms with Crippen LogP contribution in [-0.2, 0) is 0 Å². The molecule has 0 aliphatic carbocycles. The van der Waals surface area contributed by atoms with Crippen molar-refractivity contribution in [3.05, 3.63) is 57.9 Å². The summed E-state index contributed by atoms with van der Waals surface area (Å²) in [7, 11) is 0. The average molecular weight is 295 g/mol. The first-order valence-corrected chi connectivity index (χ1v) is 6.62. The molecule has 0 atom stereocenters. The summed E-state index contributed by atoms with van der Waals surface area (Å²) in [4.78, 5) is 24.0. The SMILES string of the molecule is Cc1ccc2occ(-c3ccc(O)c(N)c3)c(=O)c2c1C=O. The summed E-state index contributed by atoms with van der Waals surface area (Å²) in [5, 5.41) is 9.73. The lowest BCUT2D eigenvalue weighted by atomic mass is 10.00. The number of phenols is 1. The molecule has 0 radical (unpaired) electrons. The summed E-state index contributed by atoms with van der Waals surface area (Å²) >= 11 is 0. The number of nitrogens with two attached hydrogens (primary N) is 1. The van der Waals surface area contributed by atoms with E-state index in [0.29, 0.717) is 28.6 Å². The van der Waals surface area contributed by atoms with Gasteiger partial charge in [0.2, 0.25) is 5.43 Å². The number of carbonyl (C=O) groups excluding carboxylic acids is 1. The average Bonchev–Trinajstić information content (AvgIpc) is 2.51. The third-order valence-electron chi connectivity index (χ3n) is 3.66. The van der Waals surface area contributed by atoms with Crippen LogP contribution in [0.1, 0.15) is 15.9 Å². The van der Waals surface area contributed by atoms with Gasteiger partial charge in [0.1, 0.15) is 17.6 Å². The van der Waals surface area contributed by atoms with Crippen LogP contribution in [0.25, 0.3) is 22.1 Å². The normalized spacial score (nSPS) is 10.8. The van der Waals surface area contributed by atoms with E-state index in [1.165, 1.54) is 18.4 Å². The van der Waals surface area contributed by atoms with Crippen molar-refractivity contribution in [2.24, 2.45) is 0 Å². The molecule has 3 aromatic rings. The van der Waals surface area contributed by atoms with E-state index in [0.717, 1.165) is 0 Å². The lowest BCUT2D eigenvalue weighted by molar-refractivity contribution is 0.112. The number of anilines is 1. The molecule has 0 spiro atoms. The second-order valence-electron chi connectivity index (χ2n) is 5.04. The maximum absolute atomic E-state index is 12.7. The van der Waals surface area contributed by atoms with Crippen LogP contribution in [0.2, 0.25) is 0 Å². The Bertz CT molecular complexity index is 957. The standard InChI is InChI=1S/C17H13NO4/c1-9-2-5-15-16(11(9)7-19)17(21)12(8-22-15)10-3-4-14(20)13(18)6-10/h2-8,20H,18H2,1H3. The predicted octanol–water partition coefficient (Wildman–Crippen LogP) is 2.87. The molecule has 5 heteroatoms. The minimum atomic E-state index is -0.308. The number of benzene rings is 2. The number of nitrogen functional groups attached to an aromatic ring is 1. The quantitative estimate of drug-likeness (QED) is 0.431. The van der Waals surface area contributed by atoms with E-state index in [4.69, 9.17) is 10.2 Å². The highest BCUT2D eigenvalue weighted by Gasteiger charge is 2.14. The highest BCUT2D eigenvalue weighted by molar-refractivity contribution is 5.98. The summed E-state index contributed by atoms with van der Waals surface area (Å²) in [6.45, 7) is 1.76. The molecule has 0 fully saturated rings. The number of aldehydes is 1. The van der Waals surface area contributed by atoms with Crippen LogP contribution in [0.4, 0.5) is 5.69 Å². The van der Waals surface area contributed by atoms with E-state index in [1.807, 2.05) is 0 Å². The minimum absolute atomic E-state index is 0.0571. The van der Waals surface area contributed by atoms with Crippen molar-refractivity contribution >= 4 is 22.9 Å². The summed E-state index contributed by atoms with van der Waals surface area (Å²) in [6, 6.07) is 7.86. The molecule has 3 N–H and O–H groups in total. The Kier molecular flexibility index (Phi) is 3.18. The molecular weight excluding hydrogens is 282 g/mol. The van der Waals surface area contributed by atoms with E-state index in [1.54, 1.807) is 25.1 Å². The van der Waals surface area contributed by atoms with Crippen LogP contribution in [0.5, 0.6) is 5.75 Å². The van der Waals surface area contributed by atoms with Gasteiger partial charge < -0.3 is 15.3 Å². The molecule has 1 aromatic heterocycles. The highest BCUT2D eigenvalue weighted by Crippen LogP contribution is 2.28. The number of aromatic hydroxyl groups is 1. The first kappa shape index (κ1) is 13.9. The first-order chi connectivity index (χ1) is 10.5. The van der Waals surface area contributed by atoms with E-state index < -0.39 is 0 Å². The zero-order chi connectivity index (χ0) is 15.9. The van der Waals surface area contributed by atoms with Gasteiger partial charge in [-0.15, -0.1) is 0 Å². The lowest BCUT2D eigenvalue weighted by Gasteiger charge is -2.07. The third kappa shape index (κ3) is 2.03. The van der Waals surface area contributed by atoms with Crippen molar-refractivity contribution in [3.8, 4) is 16.9 Å². The topological polar surface area (TPSA) is 93.5 Å². The monoisotopic (exact) mass is 295 g/mol. The van der Waals surface area contributed by atoms with Crippen molar-refractivity contribution in [3.63, 3.8) is 0 Å². The summed E-state index contributed by atoms with van der Waals surface area (Å²) in [6.07, 6.45) is 1.99. The van der Waals surface area contributed by atoms with Gasteiger partial charge in [0, 0.05) is 5.56 Å². The van der Waals surface area contributed by atoms with Crippen molar-refractivity contribution in [1.29, 1.82) is 0 Å². The van der Waals surface area contributed by atoms with Crippen LogP contribution in [0, 0.1) is 6.92 Å². The van der Waals surface area contributed by atoms with Crippen molar-refractivity contribution in [2.45, 2.75) is 6.92 Å². The fraction of sp³-hybridized carbons (Fsp3) is 0.0588. The Hall–Kier alpha value is -3.08. The first-order valence-electron chi connectivity index (χ1n) is 6.62. The van der Waals surface area contributed by atoms with Crippen molar-refractivity contribution in [2.75, 3.05) is 5.73 Å². The molecule has 5 nitrogen and oxygen atoms in total. The third-order valence-corrected chi connectivity index (χ3v) is 3.66. The molecule has 3 rings (SSSR count). The van der Waals surface area contributed by atoms with Crippen LogP contribution in [0.15, 0.2) is 45.8 Å². The smallest absolute Gasteiger partial charge is 0.201 e. The van der Waals surface area contributed by atoms with Gasteiger partial charge in [-0.2, -0.15) is 0 Å². The number of aryl methyl sites for hydroxylation is 1. The second-order valence-corrected chi connectivity index (χ2v) is 5.04. The van der Waals surface area contributed by atoms with Gasteiger partial charge in [-0.25, -0.2) is 0 Å². The highest BCUT2D eigenvalue weighted by atomic mass is 16.3. The predicted molar refractivity (Wildman–Crippen MR) is 84.1 cm³/mol. The van der Waals surface area contributed by atoms with Gasteiger partial charge in [-0.3, -0.25) is 9.59 Å². The van der Waals surface area contributed by atoms with E-state index in [-0.39, 0.29) is 27.8 Å². The maximum atomic E-state index is 12.7. The zero-order valence-corrected chi connectivity index (χ0v) is 11.8. The Morgan fingerprint density at radius 2 is 2.00 bits per heavy atom. The molecule has 110 valence electrons. The van der Waals surface area contributed by atoms with Gasteiger partial charge >= 0.3 is 0 Å². The number of phenolic OH excluding ortho intramolecular Hbond substituents is 1. The van der Waals surface area contributed by atoms with Gasteiger partial charge in [0.25, 0.3) is 0 Å². The Balaban J connectivity index is 2.37. The molecule has 0 unspecified atom stereocenters. The molecule has 0 amide bonds. The van der Waals surface area contributed by atoms with Gasteiger partial charge in [-0.1, -0.05) is 12.1 Å². The molecule has 0 saturated heterocycles. The number of hydrogen-bond acceptors (Lipinski definition) is 5. The summed E-state index contributed by atoms with van der Waals surface area (Å²) in [5.41, 5.74) is 7.70. The number of carbonyl (C=O) groups is 1. The summed E-state index contributed by atoms with van der Waals surface area (Å²) < 4.78 is 5.48. The summed E-state index contributed by atoms with van der Waals surface area (Å²) in [5.74, 6) is -0.0571. The van der Waals surface area contributed by atoms with Crippen molar-refractivity contribution in [1.82, 2.24) is 0 Å². The van der Waals surface area contributed by atoms with Crippen LogP contribution < -0.4 is 11.2 Å². The molecular formula is C17H13NO4. The second kappa shape index (κ2) is 5.04. The Labute approximate surface area is 125 Å². The molecule has 0 saturated carbocycles. The molecule has 0 aliphatic heterocycles. The van der Waals surface area contributed by atoms with Gasteiger partial charge in [-0.05, 0) is 36.2 Å². The number of fused-ring (bicyclic) bond motifs is 1.